The van der Waals surface area contributed by atoms with Gasteiger partial charge in [0.15, 0.2) is 18.9 Å². The van der Waals surface area contributed by atoms with Crippen LogP contribution in [0.4, 0.5) is 0 Å². The van der Waals surface area contributed by atoms with Crippen LogP contribution in [0.25, 0.3) is 0 Å². The van der Waals surface area contributed by atoms with E-state index in [1.165, 1.54) is 45.6 Å². The standard InChI is InChI=1S/C42H70O8/c1-6-29-32-25-28(48-36-13-7-10-22-45-36)20-21-41(32,3)33-26-34(49-37-14-8-11-23-46-37)42(4)30(27(2)16-19-35(43)44-5)17-18-31(42)39(33)40(29)50-38-15-9-12-24-47-38/h27-34,36-40H,6-26H2,1-5H3/t27-,28-,29-,30-,31+,32+,33+,34+,36?,37?,38?,39+,40-,41+,42-/m1/s1. The molecule has 3 saturated heterocycles. The van der Waals surface area contributed by atoms with E-state index in [2.05, 4.69) is 27.7 Å². The molecule has 3 aliphatic heterocycles. The van der Waals surface area contributed by atoms with Crippen LogP contribution in [0.3, 0.4) is 0 Å². The number of hydrogen-bond acceptors (Lipinski definition) is 8. The van der Waals surface area contributed by atoms with E-state index in [0.717, 1.165) is 90.4 Å². The summed E-state index contributed by atoms with van der Waals surface area (Å²) in [5.41, 5.74) is 0.170. The van der Waals surface area contributed by atoms with Crippen molar-refractivity contribution in [2.45, 2.75) is 180 Å². The van der Waals surface area contributed by atoms with E-state index in [9.17, 15) is 4.79 Å². The molecule has 15 atom stereocenters. The van der Waals surface area contributed by atoms with E-state index < -0.39 is 0 Å². The van der Waals surface area contributed by atoms with Crippen LogP contribution in [-0.2, 0) is 38.0 Å². The first-order valence-corrected chi connectivity index (χ1v) is 21.1. The first-order chi connectivity index (χ1) is 24.3. The minimum Gasteiger partial charge on any atom is -0.469 e. The monoisotopic (exact) mass is 703 g/mol. The fraction of sp³-hybridized carbons (Fsp3) is 0.976. The lowest BCUT2D eigenvalue weighted by atomic mass is 9.40. The van der Waals surface area contributed by atoms with Gasteiger partial charge in [0.2, 0.25) is 0 Å². The summed E-state index contributed by atoms with van der Waals surface area (Å²) in [4.78, 5) is 12.3. The Labute approximate surface area is 303 Å². The van der Waals surface area contributed by atoms with Gasteiger partial charge in [-0.3, -0.25) is 4.79 Å². The third-order valence-corrected chi connectivity index (χ3v) is 15.6. The molecule has 7 fully saturated rings. The highest BCUT2D eigenvalue weighted by Crippen LogP contribution is 2.71. The second kappa shape index (κ2) is 16.3. The molecule has 0 spiro atoms. The maximum atomic E-state index is 12.3. The molecule has 8 heteroatoms. The smallest absolute Gasteiger partial charge is 0.305 e. The lowest BCUT2D eigenvalue weighted by molar-refractivity contribution is -0.302. The average Bonchev–Trinajstić information content (AvgIpc) is 3.50. The normalized spacial score (nSPS) is 47.1. The Balaban J connectivity index is 1.23. The molecule has 286 valence electrons. The van der Waals surface area contributed by atoms with Crippen LogP contribution in [0, 0.1) is 52.3 Å². The minimum atomic E-state index is -0.118. The predicted octanol–water partition coefficient (Wildman–Crippen LogP) is 8.83. The molecule has 0 N–H and O–H groups in total. The van der Waals surface area contributed by atoms with Crippen molar-refractivity contribution < 1.29 is 38.0 Å². The van der Waals surface area contributed by atoms with Crippen LogP contribution in [0.2, 0.25) is 0 Å². The summed E-state index contributed by atoms with van der Waals surface area (Å²) in [7, 11) is 1.51. The highest BCUT2D eigenvalue weighted by molar-refractivity contribution is 5.69. The minimum absolute atomic E-state index is 0.0212. The molecule has 0 aromatic rings. The molecule has 7 rings (SSSR count). The Bertz CT molecular complexity index is 1100. The van der Waals surface area contributed by atoms with Gasteiger partial charge in [-0.2, -0.15) is 0 Å². The number of ether oxygens (including phenoxy) is 7. The maximum absolute atomic E-state index is 12.3. The number of carbonyl (C=O) groups excluding carboxylic acids is 1. The molecule has 0 radical (unpaired) electrons. The highest BCUT2D eigenvalue weighted by atomic mass is 16.7. The highest BCUT2D eigenvalue weighted by Gasteiger charge is 2.69. The van der Waals surface area contributed by atoms with Crippen LogP contribution >= 0.6 is 0 Å². The van der Waals surface area contributed by atoms with E-state index in [0.29, 0.717) is 47.8 Å². The molecule has 4 aliphatic carbocycles. The van der Waals surface area contributed by atoms with Gasteiger partial charge in [0.1, 0.15) is 0 Å². The van der Waals surface area contributed by atoms with Crippen LogP contribution < -0.4 is 0 Å². The second-order valence-electron chi connectivity index (χ2n) is 18.0. The fourth-order valence-corrected chi connectivity index (χ4v) is 13.0. The lowest BCUT2D eigenvalue weighted by Crippen LogP contribution is -2.66. The molecule has 0 bridgehead atoms. The summed E-state index contributed by atoms with van der Waals surface area (Å²) in [5, 5.41) is 0. The van der Waals surface area contributed by atoms with Crippen molar-refractivity contribution in [2.24, 2.45) is 52.3 Å². The lowest BCUT2D eigenvalue weighted by Gasteiger charge is -2.67. The molecule has 4 saturated carbocycles. The third-order valence-electron chi connectivity index (χ3n) is 15.6. The van der Waals surface area contributed by atoms with E-state index in [4.69, 9.17) is 33.2 Å². The van der Waals surface area contributed by atoms with Crippen molar-refractivity contribution in [3.05, 3.63) is 0 Å². The van der Waals surface area contributed by atoms with Crippen molar-refractivity contribution in [3.63, 3.8) is 0 Å². The number of methoxy groups -OCH3 is 1. The van der Waals surface area contributed by atoms with E-state index in [1.54, 1.807) is 0 Å². The number of carbonyl (C=O) groups is 1. The zero-order valence-corrected chi connectivity index (χ0v) is 32.1. The van der Waals surface area contributed by atoms with Gasteiger partial charge in [-0.15, -0.1) is 0 Å². The predicted molar refractivity (Wildman–Crippen MR) is 191 cm³/mol. The van der Waals surface area contributed by atoms with Gasteiger partial charge < -0.3 is 33.2 Å². The van der Waals surface area contributed by atoms with E-state index in [1.807, 2.05) is 0 Å². The van der Waals surface area contributed by atoms with Gasteiger partial charge in [0.25, 0.3) is 0 Å². The summed E-state index contributed by atoms with van der Waals surface area (Å²) < 4.78 is 45.3. The van der Waals surface area contributed by atoms with Crippen molar-refractivity contribution in [1.29, 1.82) is 0 Å². The molecular formula is C42H70O8. The van der Waals surface area contributed by atoms with Crippen LogP contribution in [0.1, 0.15) is 143 Å². The van der Waals surface area contributed by atoms with Gasteiger partial charge >= 0.3 is 5.97 Å². The van der Waals surface area contributed by atoms with Crippen LogP contribution in [0.5, 0.6) is 0 Å². The van der Waals surface area contributed by atoms with Crippen LogP contribution in [-0.4, -0.2) is 70.1 Å². The first kappa shape index (κ1) is 37.5. The van der Waals surface area contributed by atoms with Crippen molar-refractivity contribution in [2.75, 3.05) is 26.9 Å². The summed E-state index contributed by atoms with van der Waals surface area (Å²) in [6.07, 6.45) is 19.5. The number of rotatable bonds is 11. The first-order valence-electron chi connectivity index (χ1n) is 21.1. The molecule has 7 aliphatic rings. The summed E-state index contributed by atoms with van der Waals surface area (Å²) in [6.45, 7) is 12.5. The Hall–Kier alpha value is -0.770. The quantitative estimate of drug-likeness (QED) is 0.156. The van der Waals surface area contributed by atoms with E-state index >= 15 is 0 Å². The Kier molecular flexibility index (Phi) is 12.2. The van der Waals surface area contributed by atoms with Crippen molar-refractivity contribution >= 4 is 5.97 Å². The SMILES string of the molecule is CC[C@H]1[C@@H](OC2CCCCO2)[C@@H]2[C@H](C[C@H](OC3CCCCO3)[C@]3(C)[C@@H]([C@H](C)CCC(=O)OC)CC[C@@H]23)[C@@]2(C)CC[C@@H](OC3CCCCO3)C[C@@H]12. The van der Waals surface area contributed by atoms with Gasteiger partial charge in [-0.1, -0.05) is 34.1 Å². The van der Waals surface area contributed by atoms with Crippen molar-refractivity contribution in [1.82, 2.24) is 0 Å². The third kappa shape index (κ3) is 7.34. The molecule has 50 heavy (non-hydrogen) atoms. The van der Waals surface area contributed by atoms with Gasteiger partial charge in [-0.25, -0.2) is 0 Å². The van der Waals surface area contributed by atoms with Gasteiger partial charge in [-0.05, 0) is 150 Å². The average molecular weight is 703 g/mol. The molecular weight excluding hydrogens is 632 g/mol. The second-order valence-corrected chi connectivity index (χ2v) is 18.0. The Morgan fingerprint density at radius 3 is 2.00 bits per heavy atom. The summed E-state index contributed by atoms with van der Waals surface area (Å²) in [5.74, 6) is 3.22. The van der Waals surface area contributed by atoms with Gasteiger partial charge in [0.05, 0.1) is 25.4 Å². The Morgan fingerprint density at radius 2 is 1.40 bits per heavy atom. The summed E-state index contributed by atoms with van der Waals surface area (Å²) in [6, 6.07) is 0. The molecule has 0 amide bonds. The Morgan fingerprint density at radius 1 is 0.760 bits per heavy atom. The fourth-order valence-electron chi connectivity index (χ4n) is 13.0. The number of esters is 1. The van der Waals surface area contributed by atoms with Crippen LogP contribution in [0.15, 0.2) is 0 Å². The number of hydrogen-bond donors (Lipinski definition) is 0. The largest absolute Gasteiger partial charge is 0.469 e. The molecule has 0 aromatic heterocycles. The zero-order valence-electron chi connectivity index (χ0n) is 32.1. The van der Waals surface area contributed by atoms with Crippen molar-refractivity contribution in [3.8, 4) is 0 Å². The topological polar surface area (TPSA) is 81.7 Å². The molecule has 0 aromatic carbocycles. The number of fused-ring (bicyclic) bond motifs is 5. The zero-order chi connectivity index (χ0) is 34.9. The molecule has 3 heterocycles. The molecule has 3 unspecified atom stereocenters. The molecule has 8 nitrogen and oxygen atoms in total. The summed E-state index contributed by atoms with van der Waals surface area (Å²) >= 11 is 0. The van der Waals surface area contributed by atoms with Gasteiger partial charge in [0, 0.05) is 31.7 Å². The maximum Gasteiger partial charge on any atom is 0.305 e. The van der Waals surface area contributed by atoms with E-state index in [-0.39, 0.29) is 54.0 Å².